The van der Waals surface area contributed by atoms with Crippen LogP contribution in [0.25, 0.3) is 11.6 Å². The molecule has 0 aliphatic heterocycles. The van der Waals surface area contributed by atoms with E-state index in [0.717, 1.165) is 16.7 Å². The van der Waals surface area contributed by atoms with Crippen molar-refractivity contribution in [3.8, 4) is 17.6 Å². The van der Waals surface area contributed by atoms with Crippen molar-refractivity contribution in [1.82, 2.24) is 0 Å². The number of nitro benzene ring substituents is 1. The maximum atomic E-state index is 11.1. The van der Waals surface area contributed by atoms with Crippen LogP contribution in [0.15, 0.2) is 73.3 Å². The van der Waals surface area contributed by atoms with Gasteiger partial charge in [0.1, 0.15) is 6.61 Å². The second-order valence-corrected chi connectivity index (χ2v) is 7.68. The summed E-state index contributed by atoms with van der Waals surface area (Å²) in [6.07, 6.45) is 4.02. The Balaban J connectivity index is 2.01. The third-order valence-electron chi connectivity index (χ3n) is 5.12. The molecule has 0 spiro atoms. The molecule has 0 aliphatic rings. The van der Waals surface area contributed by atoms with Crippen LogP contribution in [0.3, 0.4) is 0 Å². The molecule has 0 aliphatic carbocycles. The Bertz CT molecular complexity index is 1250. The molecule has 0 N–H and O–H groups in total. The van der Waals surface area contributed by atoms with E-state index in [9.17, 15) is 15.4 Å². The van der Waals surface area contributed by atoms with Crippen molar-refractivity contribution in [3.05, 3.63) is 111 Å². The molecule has 3 aromatic carbocycles. The zero-order valence-electron chi connectivity index (χ0n) is 19.3. The van der Waals surface area contributed by atoms with E-state index in [0.29, 0.717) is 42.3 Å². The van der Waals surface area contributed by atoms with Crippen LogP contribution in [0.2, 0.25) is 0 Å². The van der Waals surface area contributed by atoms with Gasteiger partial charge in [-0.1, -0.05) is 48.0 Å². The molecular formula is C28H26N2O4. The maximum absolute atomic E-state index is 11.1. The first-order chi connectivity index (χ1) is 16.4. The number of hydrogen-bond acceptors (Lipinski definition) is 5. The van der Waals surface area contributed by atoms with Crippen LogP contribution in [0.1, 0.15) is 34.7 Å². The number of allylic oxidation sites excluding steroid dienone is 2. The Morgan fingerprint density at radius 1 is 1.15 bits per heavy atom. The molecule has 0 radical (unpaired) electrons. The van der Waals surface area contributed by atoms with E-state index >= 15 is 0 Å². The quantitative estimate of drug-likeness (QED) is 0.112. The summed E-state index contributed by atoms with van der Waals surface area (Å²) in [5, 5.41) is 20.9. The molecule has 0 saturated carbocycles. The van der Waals surface area contributed by atoms with Crippen molar-refractivity contribution in [1.29, 1.82) is 5.26 Å². The summed E-state index contributed by atoms with van der Waals surface area (Å²) < 4.78 is 12.1. The number of benzene rings is 3. The SMILES string of the molecule is C=CCc1cc(/C=C(/C#N)c2cccc([N+](=O)[O-])c2)cc(OCC)c1OCc1ccc(C)cc1. The Morgan fingerprint density at radius 2 is 1.91 bits per heavy atom. The zero-order chi connectivity index (χ0) is 24.5. The first-order valence-electron chi connectivity index (χ1n) is 10.9. The number of nitrogens with zero attached hydrogens (tertiary/aromatic N) is 2. The van der Waals surface area contributed by atoms with Crippen molar-refractivity contribution >= 4 is 17.3 Å². The molecule has 172 valence electrons. The standard InChI is InChI=1S/C28H26N2O4/c1-4-7-24-14-22(15-25(18-29)23-8-6-9-26(17-23)30(31)32)16-27(33-5-2)28(24)34-19-21-12-10-20(3)11-13-21/h4,6,8-17H,1,5,7,19H2,2-3H3/b25-15-. The van der Waals surface area contributed by atoms with Gasteiger partial charge >= 0.3 is 0 Å². The highest BCUT2D eigenvalue weighted by molar-refractivity contribution is 5.90. The van der Waals surface area contributed by atoms with Crippen molar-refractivity contribution in [3.63, 3.8) is 0 Å². The number of non-ortho nitro benzene ring substituents is 1. The normalized spacial score (nSPS) is 10.9. The smallest absolute Gasteiger partial charge is 0.270 e. The van der Waals surface area contributed by atoms with Crippen molar-refractivity contribution in [2.75, 3.05) is 6.61 Å². The first-order valence-corrected chi connectivity index (χ1v) is 10.9. The first kappa shape index (κ1) is 24.3. The number of hydrogen-bond donors (Lipinski definition) is 0. The highest BCUT2D eigenvalue weighted by atomic mass is 16.6. The minimum absolute atomic E-state index is 0.0687. The lowest BCUT2D eigenvalue weighted by atomic mass is 10.0. The summed E-state index contributed by atoms with van der Waals surface area (Å²) >= 11 is 0. The van der Waals surface area contributed by atoms with Gasteiger partial charge in [0.05, 0.1) is 23.2 Å². The lowest BCUT2D eigenvalue weighted by molar-refractivity contribution is -0.384. The van der Waals surface area contributed by atoms with E-state index in [1.165, 1.54) is 17.7 Å². The lowest BCUT2D eigenvalue weighted by Gasteiger charge is -2.17. The van der Waals surface area contributed by atoms with Crippen molar-refractivity contribution in [2.24, 2.45) is 0 Å². The zero-order valence-corrected chi connectivity index (χ0v) is 19.3. The number of rotatable bonds is 10. The van der Waals surface area contributed by atoms with E-state index < -0.39 is 4.92 Å². The molecule has 0 fully saturated rings. The number of ether oxygens (including phenoxy) is 2. The van der Waals surface area contributed by atoms with Crippen molar-refractivity contribution < 1.29 is 14.4 Å². The van der Waals surface area contributed by atoms with Gasteiger partial charge in [0.15, 0.2) is 11.5 Å². The van der Waals surface area contributed by atoms with Gasteiger partial charge in [-0.2, -0.15) is 5.26 Å². The minimum atomic E-state index is -0.478. The monoisotopic (exact) mass is 454 g/mol. The largest absolute Gasteiger partial charge is 0.490 e. The summed E-state index contributed by atoms with van der Waals surface area (Å²) in [6.45, 7) is 8.61. The average molecular weight is 455 g/mol. The third-order valence-corrected chi connectivity index (χ3v) is 5.12. The molecule has 34 heavy (non-hydrogen) atoms. The van der Waals surface area contributed by atoms with E-state index in [1.54, 1.807) is 24.3 Å². The molecule has 0 bridgehead atoms. The Kier molecular flexibility index (Phi) is 8.20. The van der Waals surface area contributed by atoms with Crippen LogP contribution in [0.4, 0.5) is 5.69 Å². The summed E-state index contributed by atoms with van der Waals surface area (Å²) in [5.74, 6) is 1.20. The van der Waals surface area contributed by atoms with Crippen molar-refractivity contribution in [2.45, 2.75) is 26.9 Å². The highest BCUT2D eigenvalue weighted by Gasteiger charge is 2.15. The number of aryl methyl sites for hydroxylation is 1. The van der Waals surface area contributed by atoms with Gasteiger partial charge in [0.25, 0.3) is 5.69 Å². The van der Waals surface area contributed by atoms with Crippen LogP contribution >= 0.6 is 0 Å². The summed E-state index contributed by atoms with van der Waals surface area (Å²) in [4.78, 5) is 10.7. The van der Waals surface area contributed by atoms with E-state index in [1.807, 2.05) is 50.2 Å². The summed E-state index contributed by atoms with van der Waals surface area (Å²) in [7, 11) is 0. The highest BCUT2D eigenvalue weighted by Crippen LogP contribution is 2.36. The fraction of sp³-hybridized carbons (Fsp3) is 0.179. The van der Waals surface area contributed by atoms with Gasteiger partial charge in [-0.25, -0.2) is 0 Å². The van der Waals surface area contributed by atoms with E-state index in [4.69, 9.17) is 9.47 Å². The van der Waals surface area contributed by atoms with Gasteiger partial charge in [-0.3, -0.25) is 10.1 Å². The molecule has 0 aromatic heterocycles. The second kappa shape index (κ2) is 11.5. The lowest BCUT2D eigenvalue weighted by Crippen LogP contribution is -2.03. The third kappa shape index (κ3) is 6.11. The number of nitro groups is 1. The fourth-order valence-electron chi connectivity index (χ4n) is 3.47. The fourth-order valence-corrected chi connectivity index (χ4v) is 3.47. The molecule has 0 amide bonds. The molecule has 0 saturated heterocycles. The maximum Gasteiger partial charge on any atom is 0.270 e. The van der Waals surface area contributed by atoms with Crippen LogP contribution in [-0.4, -0.2) is 11.5 Å². The van der Waals surface area contributed by atoms with Crippen LogP contribution in [0, 0.1) is 28.4 Å². The molecule has 6 nitrogen and oxygen atoms in total. The molecule has 6 heteroatoms. The summed E-state index contributed by atoms with van der Waals surface area (Å²) in [6, 6.07) is 20.0. The molecule has 3 rings (SSSR count). The Hall–Kier alpha value is -4.37. The molecule has 0 heterocycles. The Labute approximate surface area is 199 Å². The molecular weight excluding hydrogens is 428 g/mol. The van der Waals surface area contributed by atoms with Crippen LogP contribution in [-0.2, 0) is 13.0 Å². The molecule has 0 unspecified atom stereocenters. The number of nitriles is 1. The topological polar surface area (TPSA) is 85.4 Å². The molecule has 0 atom stereocenters. The second-order valence-electron chi connectivity index (χ2n) is 7.68. The van der Waals surface area contributed by atoms with E-state index in [-0.39, 0.29) is 5.69 Å². The van der Waals surface area contributed by atoms with Gasteiger partial charge < -0.3 is 9.47 Å². The summed E-state index contributed by atoms with van der Waals surface area (Å²) in [5.41, 5.74) is 4.53. The Morgan fingerprint density at radius 3 is 2.56 bits per heavy atom. The van der Waals surface area contributed by atoms with Crippen LogP contribution in [0.5, 0.6) is 11.5 Å². The average Bonchev–Trinajstić information content (AvgIpc) is 2.83. The van der Waals surface area contributed by atoms with Crippen LogP contribution < -0.4 is 9.47 Å². The molecule has 3 aromatic rings. The van der Waals surface area contributed by atoms with E-state index in [2.05, 4.69) is 12.6 Å². The van der Waals surface area contributed by atoms with Gasteiger partial charge in [0.2, 0.25) is 0 Å². The predicted octanol–water partition coefficient (Wildman–Crippen LogP) is 6.67. The van der Waals surface area contributed by atoms with Gasteiger partial charge in [0, 0.05) is 17.7 Å². The van der Waals surface area contributed by atoms with Gasteiger partial charge in [-0.05, 0) is 55.2 Å². The minimum Gasteiger partial charge on any atom is -0.490 e. The van der Waals surface area contributed by atoms with Gasteiger partial charge in [-0.15, -0.1) is 6.58 Å². The predicted molar refractivity (Wildman–Crippen MR) is 134 cm³/mol.